The minimum atomic E-state index is -0.187. The van der Waals surface area contributed by atoms with Gasteiger partial charge in [0.15, 0.2) is 0 Å². The van der Waals surface area contributed by atoms with Gasteiger partial charge in [0, 0.05) is 12.3 Å². The molecule has 0 aliphatic heterocycles. The molecule has 1 unspecified atom stereocenters. The number of benzene rings is 1. The molecular formula is C34H51FO. The van der Waals surface area contributed by atoms with Crippen LogP contribution < -0.4 is 0 Å². The molecule has 0 aromatic heterocycles. The van der Waals surface area contributed by atoms with Crippen LogP contribution in [0.3, 0.4) is 0 Å². The van der Waals surface area contributed by atoms with Crippen LogP contribution in [0.1, 0.15) is 111 Å². The van der Waals surface area contributed by atoms with E-state index >= 15 is 0 Å². The summed E-state index contributed by atoms with van der Waals surface area (Å²) in [6.07, 6.45) is 15.0. The highest BCUT2D eigenvalue weighted by Crippen LogP contribution is 2.68. The fourth-order valence-electron chi connectivity index (χ4n) is 10.5. The average Bonchev–Trinajstić information content (AvgIpc) is 3.19. The molecule has 0 radical (unpaired) electrons. The summed E-state index contributed by atoms with van der Waals surface area (Å²) < 4.78 is 13.5. The largest absolute Gasteiger partial charge is 0.299 e. The molecule has 0 bridgehead atoms. The van der Waals surface area contributed by atoms with Gasteiger partial charge in [-0.05, 0) is 121 Å². The van der Waals surface area contributed by atoms with Gasteiger partial charge in [-0.2, -0.15) is 0 Å². The highest BCUT2D eigenvalue weighted by molar-refractivity contribution is 5.82. The number of carbonyl (C=O) groups excluding carboxylic acids is 1. The third-order valence-electron chi connectivity index (χ3n) is 12.3. The number of Topliss-reactive ketones (excluding diaryl/α,β-unsaturated/α-hetero) is 1. The van der Waals surface area contributed by atoms with Gasteiger partial charge in [-0.25, -0.2) is 4.39 Å². The lowest BCUT2D eigenvalue weighted by Gasteiger charge is -2.62. The first kappa shape index (κ1) is 26.4. The van der Waals surface area contributed by atoms with Gasteiger partial charge in [-0.15, -0.1) is 0 Å². The lowest BCUT2D eigenvalue weighted by Crippen LogP contribution is -2.56. The van der Waals surface area contributed by atoms with Crippen molar-refractivity contribution in [1.82, 2.24) is 0 Å². The van der Waals surface area contributed by atoms with E-state index in [0.29, 0.717) is 22.5 Å². The summed E-state index contributed by atoms with van der Waals surface area (Å²) in [5, 5.41) is 0. The minimum absolute atomic E-state index is 0.126. The number of carbonyl (C=O) groups is 1. The Labute approximate surface area is 220 Å². The Kier molecular flexibility index (Phi) is 7.47. The van der Waals surface area contributed by atoms with E-state index in [0.717, 1.165) is 60.3 Å². The Morgan fingerprint density at radius 1 is 0.861 bits per heavy atom. The van der Waals surface area contributed by atoms with Crippen LogP contribution in [0.2, 0.25) is 0 Å². The quantitative estimate of drug-likeness (QED) is 0.369. The molecule has 1 aromatic carbocycles. The molecule has 200 valence electrons. The SMILES string of the molecule is CC(C)CCC[C@@H](C)[C@H]1CC[C@H]2[C@@H]3CCC4[C@H](Cc5ccc(F)cc5)C(=O)CC[C@]4(C)[C@H]3CC[C@]12C. The van der Waals surface area contributed by atoms with Crippen molar-refractivity contribution in [3.05, 3.63) is 35.6 Å². The summed E-state index contributed by atoms with van der Waals surface area (Å²) in [5.74, 6) is 6.03. The first-order valence-corrected chi connectivity index (χ1v) is 15.4. The van der Waals surface area contributed by atoms with Crippen LogP contribution in [-0.4, -0.2) is 5.78 Å². The molecule has 4 fully saturated rings. The highest BCUT2D eigenvalue weighted by Gasteiger charge is 2.61. The molecule has 9 atom stereocenters. The number of ketones is 1. The molecule has 0 saturated heterocycles. The van der Waals surface area contributed by atoms with Crippen LogP contribution in [0, 0.1) is 64.0 Å². The molecule has 0 N–H and O–H groups in total. The molecular weight excluding hydrogens is 443 g/mol. The topological polar surface area (TPSA) is 17.1 Å². The van der Waals surface area contributed by atoms with E-state index < -0.39 is 0 Å². The van der Waals surface area contributed by atoms with Crippen LogP contribution in [0.5, 0.6) is 0 Å². The summed E-state index contributed by atoms with van der Waals surface area (Å²) in [6.45, 7) is 12.5. The van der Waals surface area contributed by atoms with Crippen LogP contribution in [0.15, 0.2) is 24.3 Å². The zero-order valence-electron chi connectivity index (χ0n) is 23.7. The van der Waals surface area contributed by atoms with E-state index in [1.54, 1.807) is 12.1 Å². The summed E-state index contributed by atoms with van der Waals surface area (Å²) in [4.78, 5) is 13.2. The van der Waals surface area contributed by atoms with Crippen LogP contribution >= 0.6 is 0 Å². The number of hydrogen-bond donors (Lipinski definition) is 0. The molecule has 4 aliphatic rings. The fraction of sp³-hybridized carbons (Fsp3) is 0.794. The molecule has 4 aliphatic carbocycles. The fourth-order valence-corrected chi connectivity index (χ4v) is 10.5. The van der Waals surface area contributed by atoms with Crippen molar-refractivity contribution in [1.29, 1.82) is 0 Å². The molecule has 0 amide bonds. The molecule has 2 heteroatoms. The maximum Gasteiger partial charge on any atom is 0.136 e. The zero-order valence-corrected chi connectivity index (χ0v) is 23.7. The molecule has 4 saturated carbocycles. The Bertz CT molecular complexity index is 920. The van der Waals surface area contributed by atoms with Crippen molar-refractivity contribution in [3.63, 3.8) is 0 Å². The van der Waals surface area contributed by atoms with E-state index in [4.69, 9.17) is 0 Å². The second-order valence-electron chi connectivity index (χ2n) is 14.5. The van der Waals surface area contributed by atoms with Crippen molar-refractivity contribution in [2.24, 2.45) is 58.2 Å². The lowest BCUT2D eigenvalue weighted by atomic mass is 9.43. The molecule has 1 nitrogen and oxygen atoms in total. The van der Waals surface area contributed by atoms with Gasteiger partial charge < -0.3 is 0 Å². The number of halogens is 1. The third-order valence-corrected chi connectivity index (χ3v) is 12.3. The predicted octanol–water partition coefficient (Wildman–Crippen LogP) is 9.28. The predicted molar refractivity (Wildman–Crippen MR) is 147 cm³/mol. The maximum atomic E-state index is 13.5. The second-order valence-corrected chi connectivity index (χ2v) is 14.5. The standard InChI is InChI=1S/C34H51FO/c1-22(2)7-6-8-23(3)28-15-16-29-26-13-14-30-27(21-24-9-11-25(35)12-10-24)32(36)18-20-34(30,5)31(26)17-19-33(28,29)4/h9-12,22-23,26-31H,6-8,13-21H2,1-5H3/t23-,26+,27+,28-,29+,30?,31+,33-,34+/m1/s1. The average molecular weight is 495 g/mol. The first-order chi connectivity index (χ1) is 17.1. The van der Waals surface area contributed by atoms with Gasteiger partial charge in [-0.3, -0.25) is 4.79 Å². The summed E-state index contributed by atoms with van der Waals surface area (Å²) in [5.41, 5.74) is 1.95. The normalized spacial score (nSPS) is 41.0. The number of fused-ring (bicyclic) bond motifs is 5. The van der Waals surface area contributed by atoms with Crippen LogP contribution in [0.25, 0.3) is 0 Å². The Balaban J connectivity index is 1.31. The Morgan fingerprint density at radius 2 is 1.56 bits per heavy atom. The van der Waals surface area contributed by atoms with Gasteiger partial charge in [-0.1, -0.05) is 66.0 Å². The van der Waals surface area contributed by atoms with Crippen molar-refractivity contribution >= 4 is 5.78 Å². The van der Waals surface area contributed by atoms with Crippen molar-refractivity contribution in [2.75, 3.05) is 0 Å². The molecule has 0 spiro atoms. The van der Waals surface area contributed by atoms with Crippen molar-refractivity contribution in [3.8, 4) is 0 Å². The van der Waals surface area contributed by atoms with Gasteiger partial charge in [0.2, 0.25) is 0 Å². The van der Waals surface area contributed by atoms with Gasteiger partial charge in [0.25, 0.3) is 0 Å². The summed E-state index contributed by atoms with van der Waals surface area (Å²) in [6, 6.07) is 6.91. The van der Waals surface area contributed by atoms with Gasteiger partial charge in [0.1, 0.15) is 11.6 Å². The van der Waals surface area contributed by atoms with E-state index in [2.05, 4.69) is 34.6 Å². The Morgan fingerprint density at radius 3 is 2.28 bits per heavy atom. The molecule has 5 rings (SSSR count). The Hall–Kier alpha value is -1.18. The van der Waals surface area contributed by atoms with E-state index in [1.165, 1.54) is 57.8 Å². The molecule has 36 heavy (non-hydrogen) atoms. The number of hydrogen-bond acceptors (Lipinski definition) is 1. The first-order valence-electron chi connectivity index (χ1n) is 15.4. The minimum Gasteiger partial charge on any atom is -0.299 e. The van der Waals surface area contributed by atoms with Gasteiger partial charge in [0.05, 0.1) is 0 Å². The highest BCUT2D eigenvalue weighted by atomic mass is 19.1. The molecule has 0 heterocycles. The summed E-state index contributed by atoms with van der Waals surface area (Å²) in [7, 11) is 0. The van der Waals surface area contributed by atoms with Gasteiger partial charge >= 0.3 is 0 Å². The molecule has 1 aromatic rings. The van der Waals surface area contributed by atoms with Crippen LogP contribution in [-0.2, 0) is 11.2 Å². The van der Waals surface area contributed by atoms with E-state index in [9.17, 15) is 9.18 Å². The summed E-state index contributed by atoms with van der Waals surface area (Å²) >= 11 is 0. The van der Waals surface area contributed by atoms with Crippen molar-refractivity contribution < 1.29 is 9.18 Å². The lowest BCUT2D eigenvalue weighted by molar-refractivity contribution is -0.152. The number of rotatable bonds is 7. The second kappa shape index (κ2) is 10.2. The maximum absolute atomic E-state index is 13.5. The third kappa shape index (κ3) is 4.62. The zero-order chi connectivity index (χ0) is 25.7. The monoisotopic (exact) mass is 494 g/mol. The van der Waals surface area contributed by atoms with E-state index in [1.807, 2.05) is 12.1 Å². The van der Waals surface area contributed by atoms with Crippen LogP contribution in [0.4, 0.5) is 4.39 Å². The smallest absolute Gasteiger partial charge is 0.136 e. The van der Waals surface area contributed by atoms with E-state index in [-0.39, 0.29) is 11.7 Å². The van der Waals surface area contributed by atoms with Crippen molar-refractivity contribution in [2.45, 2.75) is 112 Å².